The highest BCUT2D eigenvalue weighted by molar-refractivity contribution is 6.35. The van der Waals surface area contributed by atoms with Gasteiger partial charge in [0, 0.05) is 21.0 Å². The molecular formula is C15H9Cl3N2. The van der Waals surface area contributed by atoms with Crippen LogP contribution >= 0.6 is 34.8 Å². The van der Waals surface area contributed by atoms with Gasteiger partial charge in [0.15, 0.2) is 5.82 Å². The summed E-state index contributed by atoms with van der Waals surface area (Å²) < 4.78 is 0. The third-order valence-corrected chi connectivity index (χ3v) is 3.80. The topological polar surface area (TPSA) is 25.8 Å². The summed E-state index contributed by atoms with van der Waals surface area (Å²) in [6.07, 6.45) is 0. The second kappa shape index (κ2) is 5.21. The molecular weight excluding hydrogens is 315 g/mol. The van der Waals surface area contributed by atoms with Crippen molar-refractivity contribution in [1.82, 2.24) is 9.97 Å². The fourth-order valence-electron chi connectivity index (χ4n) is 2.06. The van der Waals surface area contributed by atoms with Gasteiger partial charge in [0.05, 0.1) is 5.52 Å². The summed E-state index contributed by atoms with van der Waals surface area (Å²) in [5.74, 6) is 0.568. The molecule has 0 spiro atoms. The first-order valence-corrected chi connectivity index (χ1v) is 7.07. The average Bonchev–Trinajstić information content (AvgIpc) is 2.37. The number of fused-ring (bicyclic) bond motifs is 1. The number of hydrogen-bond donors (Lipinski definition) is 0. The quantitative estimate of drug-likeness (QED) is 0.547. The highest BCUT2D eigenvalue weighted by Crippen LogP contribution is 2.29. The first-order chi connectivity index (χ1) is 9.54. The number of rotatable bonds is 1. The molecule has 5 heteroatoms. The summed E-state index contributed by atoms with van der Waals surface area (Å²) in [6, 6.07) is 10.9. The van der Waals surface area contributed by atoms with Crippen molar-refractivity contribution in [2.24, 2.45) is 0 Å². The van der Waals surface area contributed by atoms with Crippen molar-refractivity contribution in [1.29, 1.82) is 0 Å². The van der Waals surface area contributed by atoms with Crippen LogP contribution in [0.5, 0.6) is 0 Å². The molecule has 0 atom stereocenters. The zero-order valence-corrected chi connectivity index (χ0v) is 12.8. The van der Waals surface area contributed by atoms with Crippen LogP contribution in [-0.4, -0.2) is 9.97 Å². The molecule has 0 N–H and O–H groups in total. The summed E-state index contributed by atoms with van der Waals surface area (Å²) in [7, 11) is 0. The molecule has 0 saturated heterocycles. The van der Waals surface area contributed by atoms with Crippen molar-refractivity contribution in [2.45, 2.75) is 6.92 Å². The van der Waals surface area contributed by atoms with Crippen LogP contribution in [0.3, 0.4) is 0 Å². The molecule has 0 bridgehead atoms. The molecule has 1 aromatic heterocycles. The Hall–Kier alpha value is -1.35. The summed E-state index contributed by atoms with van der Waals surface area (Å²) in [4.78, 5) is 8.89. The fourth-order valence-corrected chi connectivity index (χ4v) is 2.70. The molecule has 3 aromatic rings. The van der Waals surface area contributed by atoms with E-state index in [-0.39, 0.29) is 0 Å². The Morgan fingerprint density at radius 3 is 2.30 bits per heavy atom. The zero-order chi connectivity index (χ0) is 14.3. The Morgan fingerprint density at radius 1 is 0.850 bits per heavy atom. The molecule has 1 heterocycles. The zero-order valence-electron chi connectivity index (χ0n) is 10.5. The largest absolute Gasteiger partial charge is 0.228 e. The van der Waals surface area contributed by atoms with Gasteiger partial charge in [-0.3, -0.25) is 0 Å². The lowest BCUT2D eigenvalue weighted by atomic mass is 10.1. The van der Waals surface area contributed by atoms with Crippen molar-refractivity contribution in [3.63, 3.8) is 0 Å². The Labute approximate surface area is 131 Å². The van der Waals surface area contributed by atoms with Crippen LogP contribution in [0, 0.1) is 6.92 Å². The molecule has 3 rings (SSSR count). The predicted octanol–water partition coefficient (Wildman–Crippen LogP) is 5.57. The Bertz CT molecular complexity index is 816. The molecule has 0 amide bonds. The number of benzene rings is 2. The summed E-state index contributed by atoms with van der Waals surface area (Å²) in [5.41, 5.74) is 2.62. The van der Waals surface area contributed by atoms with Gasteiger partial charge in [-0.25, -0.2) is 9.97 Å². The maximum Gasteiger partial charge on any atom is 0.161 e. The molecule has 0 aliphatic rings. The lowest BCUT2D eigenvalue weighted by Gasteiger charge is -2.07. The fraction of sp³-hybridized carbons (Fsp3) is 0.0667. The molecule has 20 heavy (non-hydrogen) atoms. The van der Waals surface area contributed by atoms with Gasteiger partial charge >= 0.3 is 0 Å². The molecule has 0 unspecified atom stereocenters. The van der Waals surface area contributed by atoms with Crippen molar-refractivity contribution in [3.8, 4) is 11.4 Å². The smallest absolute Gasteiger partial charge is 0.161 e. The van der Waals surface area contributed by atoms with Crippen LogP contribution < -0.4 is 0 Å². The molecule has 2 aromatic carbocycles. The van der Waals surface area contributed by atoms with Gasteiger partial charge in [-0.1, -0.05) is 34.8 Å². The van der Waals surface area contributed by atoms with Crippen LogP contribution in [0.4, 0.5) is 0 Å². The van der Waals surface area contributed by atoms with E-state index in [0.717, 1.165) is 22.0 Å². The van der Waals surface area contributed by atoms with Gasteiger partial charge in [0.1, 0.15) is 5.15 Å². The van der Waals surface area contributed by atoms with Gasteiger partial charge in [0.25, 0.3) is 0 Å². The lowest BCUT2D eigenvalue weighted by molar-refractivity contribution is 1.21. The van der Waals surface area contributed by atoms with E-state index in [2.05, 4.69) is 9.97 Å². The van der Waals surface area contributed by atoms with E-state index in [4.69, 9.17) is 34.8 Å². The monoisotopic (exact) mass is 322 g/mol. The first-order valence-electron chi connectivity index (χ1n) is 5.94. The van der Waals surface area contributed by atoms with Gasteiger partial charge < -0.3 is 0 Å². The second-order valence-electron chi connectivity index (χ2n) is 4.46. The molecule has 0 aliphatic carbocycles. The van der Waals surface area contributed by atoms with Crippen molar-refractivity contribution in [3.05, 3.63) is 57.2 Å². The predicted molar refractivity (Wildman–Crippen MR) is 84.7 cm³/mol. The van der Waals surface area contributed by atoms with E-state index in [1.165, 1.54) is 0 Å². The van der Waals surface area contributed by atoms with Crippen LogP contribution in [0.2, 0.25) is 15.2 Å². The molecule has 100 valence electrons. The van der Waals surface area contributed by atoms with E-state index >= 15 is 0 Å². The SMILES string of the molecule is Cc1cc(Cl)ccc1-c1nc(Cl)c2ccc(Cl)cc2n1. The second-order valence-corrected chi connectivity index (χ2v) is 5.69. The highest BCUT2D eigenvalue weighted by Gasteiger charge is 2.10. The van der Waals surface area contributed by atoms with Crippen molar-refractivity contribution in [2.75, 3.05) is 0 Å². The van der Waals surface area contributed by atoms with Gasteiger partial charge in [-0.15, -0.1) is 0 Å². The van der Waals surface area contributed by atoms with Crippen LogP contribution in [-0.2, 0) is 0 Å². The van der Waals surface area contributed by atoms with Crippen molar-refractivity contribution >= 4 is 45.7 Å². The number of halogens is 3. The number of aromatic nitrogens is 2. The third-order valence-electron chi connectivity index (χ3n) is 3.04. The summed E-state index contributed by atoms with van der Waals surface area (Å²) >= 11 is 18.2. The third kappa shape index (κ3) is 2.47. The van der Waals surface area contributed by atoms with Crippen LogP contribution in [0.15, 0.2) is 36.4 Å². The standard InChI is InChI=1S/C15H9Cl3N2/c1-8-6-9(16)2-4-11(8)15-19-13-7-10(17)3-5-12(13)14(18)20-15/h2-7H,1H3. The van der Waals surface area contributed by atoms with E-state index in [9.17, 15) is 0 Å². The van der Waals surface area contributed by atoms with Crippen LogP contribution in [0.1, 0.15) is 5.56 Å². The minimum absolute atomic E-state index is 0.413. The molecule has 0 fully saturated rings. The maximum absolute atomic E-state index is 6.23. The minimum Gasteiger partial charge on any atom is -0.228 e. The molecule has 0 radical (unpaired) electrons. The number of hydrogen-bond acceptors (Lipinski definition) is 2. The molecule has 0 aliphatic heterocycles. The normalized spacial score (nSPS) is 11.0. The minimum atomic E-state index is 0.413. The Morgan fingerprint density at radius 2 is 1.55 bits per heavy atom. The maximum atomic E-state index is 6.23. The summed E-state index contributed by atoms with van der Waals surface area (Å²) in [6.45, 7) is 1.96. The summed E-state index contributed by atoms with van der Waals surface area (Å²) in [5, 5.41) is 2.50. The molecule has 0 saturated carbocycles. The van der Waals surface area contributed by atoms with Gasteiger partial charge in [-0.05, 0) is 48.9 Å². The van der Waals surface area contributed by atoms with Crippen LogP contribution in [0.25, 0.3) is 22.3 Å². The Kier molecular flexibility index (Phi) is 3.55. The lowest BCUT2D eigenvalue weighted by Crippen LogP contribution is -1.94. The van der Waals surface area contributed by atoms with Gasteiger partial charge in [-0.2, -0.15) is 0 Å². The van der Waals surface area contributed by atoms with E-state index in [0.29, 0.717) is 21.0 Å². The van der Waals surface area contributed by atoms with E-state index in [1.807, 2.05) is 31.2 Å². The van der Waals surface area contributed by atoms with Crippen molar-refractivity contribution < 1.29 is 0 Å². The van der Waals surface area contributed by atoms with E-state index < -0.39 is 0 Å². The number of aryl methyl sites for hydroxylation is 1. The molecule has 2 nitrogen and oxygen atoms in total. The number of nitrogens with zero attached hydrogens (tertiary/aromatic N) is 2. The van der Waals surface area contributed by atoms with Gasteiger partial charge in [0.2, 0.25) is 0 Å². The first kappa shape index (κ1) is 13.6. The highest BCUT2D eigenvalue weighted by atomic mass is 35.5. The Balaban J connectivity index is 2.26. The average molecular weight is 324 g/mol. The van der Waals surface area contributed by atoms with E-state index in [1.54, 1.807) is 12.1 Å².